The van der Waals surface area contributed by atoms with Crippen molar-refractivity contribution in [3.8, 4) is 0 Å². The predicted molar refractivity (Wildman–Crippen MR) is 40.1 cm³/mol. The minimum absolute atomic E-state index is 0.586. The van der Waals surface area contributed by atoms with E-state index in [1.165, 1.54) is 4.90 Å². The number of hydrogen-bond acceptors (Lipinski definition) is 2. The third-order valence-electron chi connectivity index (χ3n) is 1.72. The molecule has 0 amide bonds. The summed E-state index contributed by atoms with van der Waals surface area (Å²) in [6.07, 6.45) is 2.48. The molecule has 1 aromatic rings. The third-order valence-corrected chi connectivity index (χ3v) is 1.72. The van der Waals surface area contributed by atoms with Crippen molar-refractivity contribution in [2.75, 3.05) is 18.4 Å². The molecule has 3 heteroatoms. The molecule has 1 aromatic heterocycles. The quantitative estimate of drug-likeness (QED) is 0.529. The SMILES string of the molecule is [2H]C([2H])([2H])N1CCCn2nccc21. The zero-order valence-electron chi connectivity index (χ0n) is 8.62. The second kappa shape index (κ2) is 2.01. The summed E-state index contributed by atoms with van der Waals surface area (Å²) in [6, 6.07) is 1.74. The van der Waals surface area contributed by atoms with Gasteiger partial charge in [0.05, 0.1) is 6.20 Å². The van der Waals surface area contributed by atoms with Gasteiger partial charge in [0.15, 0.2) is 0 Å². The summed E-state index contributed by atoms with van der Waals surface area (Å²) in [4.78, 5) is 1.42. The van der Waals surface area contributed by atoms with Crippen LogP contribution in [0.15, 0.2) is 12.3 Å². The van der Waals surface area contributed by atoms with E-state index in [0.29, 0.717) is 12.4 Å². The van der Waals surface area contributed by atoms with Crippen LogP contribution >= 0.6 is 0 Å². The first-order valence-electron chi connectivity index (χ1n) is 4.88. The van der Waals surface area contributed by atoms with E-state index in [-0.39, 0.29) is 0 Å². The minimum Gasteiger partial charge on any atom is -0.360 e. The van der Waals surface area contributed by atoms with E-state index >= 15 is 0 Å². The summed E-state index contributed by atoms with van der Waals surface area (Å²) in [7, 11) is 0. The van der Waals surface area contributed by atoms with Gasteiger partial charge in [-0.15, -0.1) is 0 Å². The molecule has 0 aromatic carbocycles. The molecule has 0 atom stereocenters. The molecule has 0 radical (unpaired) electrons. The molecule has 0 unspecified atom stereocenters. The van der Waals surface area contributed by atoms with Crippen LogP contribution in [0.2, 0.25) is 0 Å². The van der Waals surface area contributed by atoms with E-state index in [0.717, 1.165) is 13.0 Å². The van der Waals surface area contributed by atoms with Gasteiger partial charge in [-0.1, -0.05) is 0 Å². The first-order valence-corrected chi connectivity index (χ1v) is 3.38. The van der Waals surface area contributed by atoms with Crippen LogP contribution in [0.1, 0.15) is 10.5 Å². The minimum atomic E-state index is -2.04. The number of aryl methyl sites for hydroxylation is 1. The summed E-state index contributed by atoms with van der Waals surface area (Å²) in [5, 5.41) is 4.05. The molecular weight excluding hydrogens is 126 g/mol. The molecular formula is C7H11N3. The average molecular weight is 140 g/mol. The predicted octanol–water partition coefficient (Wildman–Crippen LogP) is 0.723. The molecule has 1 aliphatic heterocycles. The molecule has 0 saturated carbocycles. The summed E-state index contributed by atoms with van der Waals surface area (Å²) in [6.45, 7) is -0.644. The molecule has 0 fully saturated rings. The van der Waals surface area contributed by atoms with Gasteiger partial charge in [0.25, 0.3) is 0 Å². The van der Waals surface area contributed by atoms with Crippen LogP contribution in [0.3, 0.4) is 0 Å². The number of anilines is 1. The zero-order chi connectivity index (χ0) is 9.47. The van der Waals surface area contributed by atoms with Crippen LogP contribution in [-0.2, 0) is 6.54 Å². The number of hydrogen-bond donors (Lipinski definition) is 0. The van der Waals surface area contributed by atoms with Gasteiger partial charge in [-0.2, -0.15) is 5.10 Å². The fraction of sp³-hybridized carbons (Fsp3) is 0.571. The van der Waals surface area contributed by atoms with Gasteiger partial charge in [0, 0.05) is 30.2 Å². The highest BCUT2D eigenvalue weighted by Crippen LogP contribution is 2.16. The normalized spacial score (nSPS) is 22.8. The summed E-state index contributed by atoms with van der Waals surface area (Å²) >= 11 is 0. The van der Waals surface area contributed by atoms with Gasteiger partial charge in [0.1, 0.15) is 5.82 Å². The second-order valence-electron chi connectivity index (χ2n) is 2.42. The van der Waals surface area contributed by atoms with Crippen molar-refractivity contribution in [3.05, 3.63) is 12.3 Å². The molecule has 0 aliphatic carbocycles. The molecule has 2 rings (SSSR count). The molecule has 0 N–H and O–H groups in total. The number of rotatable bonds is 0. The monoisotopic (exact) mass is 140 g/mol. The van der Waals surface area contributed by atoms with E-state index in [9.17, 15) is 0 Å². The van der Waals surface area contributed by atoms with Crippen molar-refractivity contribution in [2.45, 2.75) is 13.0 Å². The van der Waals surface area contributed by atoms with Crippen LogP contribution in [-0.4, -0.2) is 23.3 Å². The lowest BCUT2D eigenvalue weighted by Gasteiger charge is -2.24. The number of fused-ring (bicyclic) bond motifs is 1. The standard InChI is InChI=1S/C7H11N3/c1-9-5-2-6-10-7(9)3-4-8-10/h3-4H,2,5-6H2,1H3/i1D3. The van der Waals surface area contributed by atoms with E-state index in [1.807, 2.05) is 0 Å². The maximum absolute atomic E-state index is 7.31. The topological polar surface area (TPSA) is 21.1 Å². The van der Waals surface area contributed by atoms with Crippen LogP contribution in [0.5, 0.6) is 0 Å². The van der Waals surface area contributed by atoms with Gasteiger partial charge >= 0.3 is 0 Å². The Kier molecular flexibility index (Phi) is 0.685. The Morgan fingerprint density at radius 1 is 1.70 bits per heavy atom. The molecule has 10 heavy (non-hydrogen) atoms. The van der Waals surface area contributed by atoms with E-state index in [4.69, 9.17) is 4.11 Å². The van der Waals surface area contributed by atoms with E-state index < -0.39 is 6.98 Å². The highest BCUT2D eigenvalue weighted by atomic mass is 15.4. The van der Waals surface area contributed by atoms with Gasteiger partial charge in [-0.25, -0.2) is 4.68 Å². The first-order chi connectivity index (χ1) is 6.09. The van der Waals surface area contributed by atoms with Gasteiger partial charge in [-0.3, -0.25) is 0 Å². The highest BCUT2D eigenvalue weighted by Gasteiger charge is 2.11. The first kappa shape index (κ1) is 3.42. The fourth-order valence-electron chi connectivity index (χ4n) is 1.22. The Hall–Kier alpha value is -0.990. The van der Waals surface area contributed by atoms with Crippen molar-refractivity contribution in [1.82, 2.24) is 9.78 Å². The Bertz CT molecular complexity index is 304. The Morgan fingerprint density at radius 3 is 3.60 bits per heavy atom. The summed E-state index contributed by atoms with van der Waals surface area (Å²) in [5.74, 6) is 0.700. The zero-order valence-corrected chi connectivity index (χ0v) is 5.62. The van der Waals surface area contributed by atoms with Crippen molar-refractivity contribution >= 4 is 5.82 Å². The van der Waals surface area contributed by atoms with Gasteiger partial charge < -0.3 is 4.90 Å². The van der Waals surface area contributed by atoms with Gasteiger partial charge in [0.2, 0.25) is 0 Å². The van der Waals surface area contributed by atoms with Crippen molar-refractivity contribution in [3.63, 3.8) is 0 Å². The lowest BCUT2D eigenvalue weighted by Crippen LogP contribution is -2.27. The molecule has 3 nitrogen and oxygen atoms in total. The summed E-state index contributed by atoms with van der Waals surface area (Å²) in [5.41, 5.74) is 0. The van der Waals surface area contributed by atoms with E-state index in [1.54, 1.807) is 16.9 Å². The lowest BCUT2D eigenvalue weighted by molar-refractivity contribution is 0.533. The Balaban J connectivity index is 2.35. The van der Waals surface area contributed by atoms with Gasteiger partial charge in [-0.05, 0) is 6.42 Å². The second-order valence-corrected chi connectivity index (χ2v) is 2.42. The molecule has 54 valence electrons. The highest BCUT2D eigenvalue weighted by molar-refractivity contribution is 5.38. The van der Waals surface area contributed by atoms with E-state index in [2.05, 4.69) is 5.10 Å². The maximum Gasteiger partial charge on any atom is 0.126 e. The Labute approximate surface area is 64.5 Å². The smallest absolute Gasteiger partial charge is 0.126 e. The van der Waals surface area contributed by atoms with Crippen LogP contribution in [0.25, 0.3) is 0 Å². The molecule has 0 saturated heterocycles. The molecule has 0 bridgehead atoms. The number of nitrogens with zero attached hydrogens (tertiary/aromatic N) is 3. The van der Waals surface area contributed by atoms with Crippen molar-refractivity contribution < 1.29 is 4.11 Å². The average Bonchev–Trinajstić information content (AvgIpc) is 2.48. The van der Waals surface area contributed by atoms with Crippen molar-refractivity contribution in [1.29, 1.82) is 0 Å². The van der Waals surface area contributed by atoms with Crippen LogP contribution in [0, 0.1) is 0 Å². The largest absolute Gasteiger partial charge is 0.360 e. The van der Waals surface area contributed by atoms with Crippen LogP contribution in [0.4, 0.5) is 5.82 Å². The van der Waals surface area contributed by atoms with Crippen molar-refractivity contribution in [2.24, 2.45) is 0 Å². The van der Waals surface area contributed by atoms with Crippen LogP contribution < -0.4 is 4.90 Å². The molecule has 2 heterocycles. The number of aromatic nitrogens is 2. The molecule has 0 spiro atoms. The molecule has 1 aliphatic rings. The summed E-state index contributed by atoms with van der Waals surface area (Å²) < 4.78 is 23.7. The fourth-order valence-corrected chi connectivity index (χ4v) is 1.22. The Morgan fingerprint density at radius 2 is 2.70 bits per heavy atom. The third kappa shape index (κ3) is 0.701. The lowest BCUT2D eigenvalue weighted by atomic mass is 10.3. The maximum atomic E-state index is 7.31.